The molecule has 30 heavy (non-hydrogen) atoms. The number of benzene rings is 1. The van der Waals surface area contributed by atoms with Gasteiger partial charge in [0.15, 0.2) is 27.0 Å². The van der Waals surface area contributed by atoms with Crippen LogP contribution in [0.2, 0.25) is 0 Å². The Labute approximate surface area is 186 Å². The molecule has 11 heteroatoms. The molecular weight excluding hydrogens is 503 g/mol. The molecule has 0 aliphatic carbocycles. The van der Waals surface area contributed by atoms with Crippen molar-refractivity contribution in [2.75, 3.05) is 24.2 Å². The molecule has 1 aliphatic rings. The number of anilines is 2. The minimum atomic E-state index is -1.67. The Hall–Kier alpha value is -2.06. The van der Waals surface area contributed by atoms with Crippen LogP contribution in [0.15, 0.2) is 30.3 Å². The molecule has 4 rings (SSSR count). The van der Waals surface area contributed by atoms with E-state index in [1.165, 1.54) is 12.5 Å². The number of nitrogens with two attached hydrogens (primary N) is 1. The first kappa shape index (κ1) is 21.2. The Bertz CT molecular complexity index is 1040. The molecule has 1 fully saturated rings. The van der Waals surface area contributed by atoms with Crippen molar-refractivity contribution in [3.05, 3.63) is 39.7 Å². The molecule has 3 aromatic rings. The number of nitrogens with one attached hydrogen (secondary N) is 1. The van der Waals surface area contributed by atoms with Crippen LogP contribution in [0.5, 0.6) is 0 Å². The number of hydrogen-bond donors (Lipinski definition) is 5. The summed E-state index contributed by atoms with van der Waals surface area (Å²) in [6.45, 7) is 1.63. The normalized spacial score (nSPS) is 26.4. The highest BCUT2D eigenvalue weighted by atomic mass is 127. The van der Waals surface area contributed by atoms with Gasteiger partial charge in [0.25, 0.3) is 0 Å². The fraction of sp³-hybridized carbons (Fsp3) is 0.421. The lowest BCUT2D eigenvalue weighted by molar-refractivity contribution is -0.0961. The molecule has 0 saturated carbocycles. The van der Waals surface area contributed by atoms with Crippen molar-refractivity contribution in [3.8, 4) is 0 Å². The summed E-state index contributed by atoms with van der Waals surface area (Å²) >= 11 is 2.00. The monoisotopic (exact) mass is 526 g/mol. The number of imidazole rings is 1. The van der Waals surface area contributed by atoms with Crippen LogP contribution in [0.1, 0.15) is 18.7 Å². The summed E-state index contributed by atoms with van der Waals surface area (Å²) in [5, 5.41) is 33.9. The van der Waals surface area contributed by atoms with E-state index in [2.05, 4.69) is 20.3 Å². The van der Waals surface area contributed by atoms with Gasteiger partial charge < -0.3 is 31.1 Å². The lowest BCUT2D eigenvalue weighted by Crippen LogP contribution is -2.44. The Kier molecular flexibility index (Phi) is 5.81. The standard InChI is InChI=1S/C19H23IN6O4/c1-19(29)13(28)11(9-27)30-16(19)26-15-12(23-17(26)20)14(24-18(21)25-15)22-8-7-10-5-3-2-4-6-10/h2-6,11,13,16,27-29H,7-9H2,1H3,(H3,21,22,24,25)/t11-,13-,16-,19-/m1/s1. The van der Waals surface area contributed by atoms with Crippen molar-refractivity contribution in [2.45, 2.75) is 37.4 Å². The third kappa shape index (κ3) is 3.71. The Morgan fingerprint density at radius 3 is 2.67 bits per heavy atom. The van der Waals surface area contributed by atoms with Gasteiger partial charge in [-0.2, -0.15) is 9.97 Å². The van der Waals surface area contributed by atoms with Crippen LogP contribution in [0.3, 0.4) is 0 Å². The van der Waals surface area contributed by atoms with E-state index >= 15 is 0 Å². The van der Waals surface area contributed by atoms with Crippen LogP contribution in [0.4, 0.5) is 11.8 Å². The largest absolute Gasteiger partial charge is 0.394 e. The average Bonchev–Trinajstić information content (AvgIpc) is 3.15. The first-order valence-electron chi connectivity index (χ1n) is 9.48. The van der Waals surface area contributed by atoms with Crippen molar-refractivity contribution in [2.24, 2.45) is 0 Å². The van der Waals surface area contributed by atoms with Crippen LogP contribution in [0, 0.1) is 3.83 Å². The Morgan fingerprint density at radius 2 is 2.00 bits per heavy atom. The summed E-state index contributed by atoms with van der Waals surface area (Å²) in [5.41, 5.74) is 6.29. The van der Waals surface area contributed by atoms with Gasteiger partial charge in [0, 0.05) is 29.1 Å². The smallest absolute Gasteiger partial charge is 0.224 e. The number of rotatable bonds is 6. The summed E-state index contributed by atoms with van der Waals surface area (Å²) in [4.78, 5) is 13.1. The molecule has 10 nitrogen and oxygen atoms in total. The first-order valence-corrected chi connectivity index (χ1v) is 10.6. The summed E-state index contributed by atoms with van der Waals surface area (Å²) in [6, 6.07) is 10.0. The van der Waals surface area contributed by atoms with Gasteiger partial charge in [0.05, 0.1) is 6.61 Å². The van der Waals surface area contributed by atoms with Gasteiger partial charge in [0.2, 0.25) is 5.95 Å². The van der Waals surface area contributed by atoms with Crippen molar-refractivity contribution >= 4 is 45.5 Å². The molecule has 1 aliphatic heterocycles. The third-order valence-electron chi connectivity index (χ3n) is 5.23. The molecule has 0 bridgehead atoms. The van der Waals surface area contributed by atoms with E-state index < -0.39 is 30.6 Å². The fourth-order valence-corrected chi connectivity index (χ4v) is 4.35. The number of hydrogen-bond acceptors (Lipinski definition) is 9. The minimum absolute atomic E-state index is 0.0409. The summed E-state index contributed by atoms with van der Waals surface area (Å²) in [5.74, 6) is 0.515. The summed E-state index contributed by atoms with van der Waals surface area (Å²) in [7, 11) is 0. The second-order valence-corrected chi connectivity index (χ2v) is 8.36. The number of ether oxygens (including phenoxy) is 1. The van der Waals surface area contributed by atoms with Crippen LogP contribution in [0.25, 0.3) is 11.2 Å². The van der Waals surface area contributed by atoms with E-state index in [0.717, 1.165) is 6.42 Å². The minimum Gasteiger partial charge on any atom is -0.394 e. The SMILES string of the molecule is C[C@@]1(O)[C@H](O)[C@@H](CO)O[C@H]1n1c(I)nc2c(NCCc3ccccc3)nc(N)nc21. The topological polar surface area (TPSA) is 152 Å². The third-order valence-corrected chi connectivity index (χ3v) is 5.99. The average molecular weight is 526 g/mol. The Morgan fingerprint density at radius 1 is 1.27 bits per heavy atom. The molecule has 0 radical (unpaired) electrons. The summed E-state index contributed by atoms with van der Waals surface area (Å²) in [6.07, 6.45) is -2.42. The second-order valence-electron chi connectivity index (χ2n) is 7.40. The molecule has 2 aromatic heterocycles. The lowest BCUT2D eigenvalue weighted by Gasteiger charge is -2.27. The maximum Gasteiger partial charge on any atom is 0.224 e. The van der Waals surface area contributed by atoms with E-state index in [4.69, 9.17) is 10.5 Å². The van der Waals surface area contributed by atoms with Crippen molar-refractivity contribution in [1.29, 1.82) is 0 Å². The van der Waals surface area contributed by atoms with Crippen LogP contribution in [-0.4, -0.2) is 65.8 Å². The highest BCUT2D eigenvalue weighted by molar-refractivity contribution is 14.1. The van der Waals surface area contributed by atoms with Gasteiger partial charge in [-0.3, -0.25) is 4.57 Å². The molecule has 4 atom stereocenters. The number of aromatic nitrogens is 4. The molecule has 6 N–H and O–H groups in total. The molecule has 0 amide bonds. The molecule has 160 valence electrons. The molecule has 1 aromatic carbocycles. The van der Waals surface area contributed by atoms with Gasteiger partial charge in [-0.15, -0.1) is 0 Å². The van der Waals surface area contributed by atoms with E-state index in [9.17, 15) is 15.3 Å². The zero-order valence-electron chi connectivity index (χ0n) is 16.2. The van der Waals surface area contributed by atoms with E-state index in [-0.39, 0.29) is 5.95 Å². The predicted molar refractivity (Wildman–Crippen MR) is 119 cm³/mol. The maximum absolute atomic E-state index is 10.9. The van der Waals surface area contributed by atoms with Gasteiger partial charge in [-0.05, 0) is 18.9 Å². The molecule has 3 heterocycles. The van der Waals surface area contributed by atoms with Gasteiger partial charge in [0.1, 0.15) is 17.8 Å². The number of nitrogen functional groups attached to an aromatic ring is 1. The van der Waals surface area contributed by atoms with Crippen molar-refractivity contribution < 1.29 is 20.1 Å². The predicted octanol–water partition coefficient (Wildman–Crippen LogP) is 0.669. The quantitative estimate of drug-likeness (QED) is 0.231. The van der Waals surface area contributed by atoms with Crippen molar-refractivity contribution in [3.63, 3.8) is 0 Å². The number of aliphatic hydroxyl groups is 3. The number of halogens is 1. The Balaban J connectivity index is 1.67. The zero-order valence-corrected chi connectivity index (χ0v) is 18.4. The molecular formula is C19H23IN6O4. The van der Waals surface area contributed by atoms with Crippen LogP contribution < -0.4 is 11.1 Å². The second kappa shape index (κ2) is 8.23. The summed E-state index contributed by atoms with van der Waals surface area (Å²) < 4.78 is 7.78. The number of fused-ring (bicyclic) bond motifs is 1. The highest BCUT2D eigenvalue weighted by Crippen LogP contribution is 2.41. The fourth-order valence-electron chi connectivity index (χ4n) is 3.63. The number of nitrogens with zero attached hydrogens (tertiary/aromatic N) is 4. The van der Waals surface area contributed by atoms with Crippen molar-refractivity contribution in [1.82, 2.24) is 19.5 Å². The van der Waals surface area contributed by atoms with Gasteiger partial charge in [-0.25, -0.2) is 4.98 Å². The van der Waals surface area contributed by atoms with E-state index in [1.54, 1.807) is 4.57 Å². The molecule has 0 spiro atoms. The maximum atomic E-state index is 10.9. The van der Waals surface area contributed by atoms with E-state index in [0.29, 0.717) is 27.4 Å². The molecule has 1 saturated heterocycles. The van der Waals surface area contributed by atoms with Crippen LogP contribution >= 0.6 is 22.6 Å². The lowest BCUT2D eigenvalue weighted by atomic mass is 9.96. The van der Waals surface area contributed by atoms with Gasteiger partial charge in [-0.1, -0.05) is 30.3 Å². The first-order chi connectivity index (χ1) is 14.3. The van der Waals surface area contributed by atoms with E-state index in [1.807, 2.05) is 52.9 Å². The van der Waals surface area contributed by atoms with Crippen LogP contribution in [-0.2, 0) is 11.2 Å². The number of aliphatic hydroxyl groups excluding tert-OH is 2. The zero-order chi connectivity index (χ0) is 21.5. The van der Waals surface area contributed by atoms with Gasteiger partial charge >= 0.3 is 0 Å². The molecule has 0 unspecified atom stereocenters. The highest BCUT2D eigenvalue weighted by Gasteiger charge is 2.53.